The van der Waals surface area contributed by atoms with Gasteiger partial charge >= 0.3 is 0 Å². The average Bonchev–Trinajstić information content (AvgIpc) is 2.40. The van der Waals surface area contributed by atoms with Gasteiger partial charge in [0, 0.05) is 12.1 Å². The van der Waals surface area contributed by atoms with Crippen LogP contribution in [0.1, 0.15) is 41.6 Å². The highest BCUT2D eigenvalue weighted by Gasteiger charge is 2.16. The fraction of sp³-hybridized carbons (Fsp3) is 0.333. The Labute approximate surface area is 113 Å². The topological polar surface area (TPSA) is 70.0 Å². The van der Waals surface area contributed by atoms with Crippen molar-refractivity contribution in [3.63, 3.8) is 0 Å². The van der Waals surface area contributed by atoms with Crippen molar-refractivity contribution in [2.24, 2.45) is 0 Å². The minimum atomic E-state index is -0.761. The van der Waals surface area contributed by atoms with E-state index in [1.165, 1.54) is 6.92 Å². The van der Waals surface area contributed by atoms with Crippen LogP contribution in [0.15, 0.2) is 24.3 Å². The van der Waals surface area contributed by atoms with Crippen molar-refractivity contribution < 1.29 is 9.59 Å². The number of nitrogens with zero attached hydrogens (tertiary/aromatic N) is 1. The van der Waals surface area contributed by atoms with Gasteiger partial charge in [0.15, 0.2) is 5.78 Å². The van der Waals surface area contributed by atoms with Crippen LogP contribution >= 0.6 is 0 Å². The predicted molar refractivity (Wildman–Crippen MR) is 72.4 cm³/mol. The molecule has 0 aliphatic carbocycles. The quantitative estimate of drug-likeness (QED) is 0.794. The zero-order valence-corrected chi connectivity index (χ0v) is 11.0. The number of carbonyl (C=O) groups is 2. The lowest BCUT2D eigenvalue weighted by molar-refractivity contribution is -0.117. The first kappa shape index (κ1) is 14.9. The third-order valence-corrected chi connectivity index (χ3v) is 2.75. The average molecular weight is 257 g/mol. The highest BCUT2D eigenvalue weighted by Crippen LogP contribution is 2.16. The number of nitriles is 1. The van der Waals surface area contributed by atoms with Crippen LogP contribution in [0.3, 0.4) is 0 Å². The summed E-state index contributed by atoms with van der Waals surface area (Å²) in [6.07, 6.45) is 1.62. The van der Waals surface area contributed by atoms with Gasteiger partial charge in [0.05, 0.1) is 6.07 Å². The molecule has 19 heavy (non-hydrogen) atoms. The number of nitrogens with one attached hydrogen (secondary N) is 1. The van der Waals surface area contributed by atoms with Crippen molar-refractivity contribution in [3.05, 3.63) is 42.3 Å². The number of rotatable bonds is 6. The maximum atomic E-state index is 11.7. The summed E-state index contributed by atoms with van der Waals surface area (Å²) >= 11 is 0. The van der Waals surface area contributed by atoms with Crippen LogP contribution in [0.2, 0.25) is 0 Å². The van der Waals surface area contributed by atoms with Crippen LogP contribution in [0.25, 0.3) is 0 Å². The van der Waals surface area contributed by atoms with Crippen molar-refractivity contribution in [1.29, 1.82) is 5.26 Å². The normalized spacial score (nSPS) is 11.4. The van der Waals surface area contributed by atoms with Gasteiger partial charge in [-0.25, -0.2) is 0 Å². The third-order valence-electron chi connectivity index (χ3n) is 2.75. The minimum Gasteiger partial charge on any atom is -0.352 e. The molecule has 0 aliphatic rings. The lowest BCUT2D eigenvalue weighted by Crippen LogP contribution is -2.24. The second kappa shape index (κ2) is 7.32. The van der Waals surface area contributed by atoms with Crippen molar-refractivity contribution in [2.75, 3.05) is 6.54 Å². The van der Waals surface area contributed by atoms with Crippen LogP contribution in [-0.4, -0.2) is 18.2 Å². The Morgan fingerprint density at radius 3 is 2.47 bits per heavy atom. The van der Waals surface area contributed by atoms with Crippen LogP contribution in [0.4, 0.5) is 0 Å². The maximum absolute atomic E-state index is 11.7. The van der Waals surface area contributed by atoms with E-state index in [0.717, 1.165) is 12.8 Å². The van der Waals surface area contributed by atoms with E-state index < -0.39 is 5.92 Å². The van der Waals surface area contributed by atoms with E-state index in [9.17, 15) is 9.59 Å². The molecule has 4 nitrogen and oxygen atoms in total. The largest absolute Gasteiger partial charge is 0.352 e. The summed E-state index contributed by atoms with van der Waals surface area (Å²) in [4.78, 5) is 23.0. The van der Waals surface area contributed by atoms with Gasteiger partial charge in [0.2, 0.25) is 0 Å². The molecule has 4 heteroatoms. The standard InChI is InChI=1S/C15H17N2O2/c1-3-4-9-17-15(19)13-7-5-12(6-8-13)14(10-16)11(2)18/h5-8,14H,1,3-4,9H2,2H3,(H,17,19). The summed E-state index contributed by atoms with van der Waals surface area (Å²) < 4.78 is 0. The van der Waals surface area contributed by atoms with Crippen molar-refractivity contribution in [3.8, 4) is 6.07 Å². The second-order valence-electron chi connectivity index (χ2n) is 4.26. The van der Waals surface area contributed by atoms with E-state index in [2.05, 4.69) is 12.2 Å². The molecule has 0 aliphatic heterocycles. The summed E-state index contributed by atoms with van der Waals surface area (Å²) in [5.74, 6) is -1.12. The zero-order valence-electron chi connectivity index (χ0n) is 11.0. The Kier molecular flexibility index (Phi) is 5.74. The zero-order chi connectivity index (χ0) is 14.3. The van der Waals surface area contributed by atoms with Gasteiger partial charge in [-0.15, -0.1) is 0 Å². The first-order valence-corrected chi connectivity index (χ1v) is 6.17. The molecule has 99 valence electrons. The van der Waals surface area contributed by atoms with Gasteiger partial charge < -0.3 is 5.32 Å². The highest BCUT2D eigenvalue weighted by molar-refractivity contribution is 5.94. The molecule has 0 fully saturated rings. The van der Waals surface area contributed by atoms with E-state index in [4.69, 9.17) is 5.26 Å². The SMILES string of the molecule is [CH2]CCCNC(=O)c1ccc(C(C#N)C(C)=O)cc1. The number of amides is 1. The molecule has 0 heterocycles. The van der Waals surface area contributed by atoms with Gasteiger partial charge in [-0.3, -0.25) is 9.59 Å². The lowest BCUT2D eigenvalue weighted by Gasteiger charge is -2.07. The fourth-order valence-electron chi connectivity index (χ4n) is 1.66. The number of hydrogen-bond donors (Lipinski definition) is 1. The maximum Gasteiger partial charge on any atom is 0.251 e. The van der Waals surface area contributed by atoms with Crippen LogP contribution in [0, 0.1) is 18.3 Å². The summed E-state index contributed by atoms with van der Waals surface area (Å²) in [6, 6.07) is 8.49. The molecule has 1 aromatic carbocycles. The van der Waals surface area contributed by atoms with Crippen LogP contribution < -0.4 is 5.32 Å². The Morgan fingerprint density at radius 2 is 2.00 bits per heavy atom. The minimum absolute atomic E-state index is 0.156. The van der Waals surface area contributed by atoms with Crippen LogP contribution in [-0.2, 0) is 4.79 Å². The van der Waals surface area contributed by atoms with Gasteiger partial charge in [0.1, 0.15) is 5.92 Å². The molecule has 1 radical (unpaired) electrons. The van der Waals surface area contributed by atoms with E-state index in [1.54, 1.807) is 24.3 Å². The molecule has 1 unspecified atom stereocenters. The van der Waals surface area contributed by atoms with E-state index in [1.807, 2.05) is 6.07 Å². The molecule has 0 bridgehead atoms. The number of carbonyl (C=O) groups excluding carboxylic acids is 2. The number of unbranched alkanes of at least 4 members (excludes halogenated alkanes) is 1. The third kappa shape index (κ3) is 4.22. The number of hydrogen-bond acceptors (Lipinski definition) is 3. The number of ketones is 1. The predicted octanol–water partition coefficient (Wildman–Crippen LogP) is 2.23. The molecule has 1 rings (SSSR count). The second-order valence-corrected chi connectivity index (χ2v) is 4.26. The van der Waals surface area contributed by atoms with Crippen molar-refractivity contribution >= 4 is 11.7 Å². The monoisotopic (exact) mass is 257 g/mol. The van der Waals surface area contributed by atoms with Gasteiger partial charge in [-0.05, 0) is 31.0 Å². The fourth-order valence-corrected chi connectivity index (χ4v) is 1.66. The first-order valence-electron chi connectivity index (χ1n) is 6.17. The highest BCUT2D eigenvalue weighted by atomic mass is 16.1. The Hall–Kier alpha value is -2.15. The van der Waals surface area contributed by atoms with Gasteiger partial charge in [0.25, 0.3) is 5.91 Å². The number of Topliss-reactive ketones (excluding diaryl/α,β-unsaturated/α-hetero) is 1. The molecule has 1 amide bonds. The summed E-state index contributed by atoms with van der Waals surface area (Å²) in [6.45, 7) is 5.68. The summed E-state index contributed by atoms with van der Waals surface area (Å²) in [5.41, 5.74) is 1.14. The molecular weight excluding hydrogens is 240 g/mol. The summed E-state index contributed by atoms with van der Waals surface area (Å²) in [7, 11) is 0. The molecular formula is C15H17N2O2. The Balaban J connectivity index is 2.73. The molecule has 1 aromatic rings. The van der Waals surface area contributed by atoms with E-state index >= 15 is 0 Å². The molecule has 0 aromatic heterocycles. The summed E-state index contributed by atoms with van der Waals surface area (Å²) in [5, 5.41) is 11.7. The smallest absolute Gasteiger partial charge is 0.251 e. The van der Waals surface area contributed by atoms with Crippen molar-refractivity contribution in [2.45, 2.75) is 25.7 Å². The van der Waals surface area contributed by atoms with Crippen LogP contribution in [0.5, 0.6) is 0 Å². The first-order chi connectivity index (χ1) is 9.10. The molecule has 0 saturated heterocycles. The Morgan fingerprint density at radius 1 is 1.37 bits per heavy atom. The van der Waals surface area contributed by atoms with E-state index in [0.29, 0.717) is 17.7 Å². The van der Waals surface area contributed by atoms with Gasteiger partial charge in [-0.2, -0.15) is 5.26 Å². The van der Waals surface area contributed by atoms with E-state index in [-0.39, 0.29) is 11.7 Å². The number of benzene rings is 1. The Bertz CT molecular complexity index is 486. The lowest BCUT2D eigenvalue weighted by atomic mass is 9.96. The van der Waals surface area contributed by atoms with Crippen molar-refractivity contribution in [1.82, 2.24) is 5.32 Å². The molecule has 1 N–H and O–H groups in total. The van der Waals surface area contributed by atoms with Gasteiger partial charge in [-0.1, -0.05) is 25.5 Å². The molecule has 0 saturated carbocycles. The molecule has 1 atom stereocenters. The molecule has 0 spiro atoms.